The Bertz CT molecular complexity index is 864. The Morgan fingerprint density at radius 2 is 1.96 bits per heavy atom. The first-order valence-corrected chi connectivity index (χ1v) is 7.64. The van der Waals surface area contributed by atoms with E-state index in [1.54, 1.807) is 12.1 Å². The lowest BCUT2D eigenvalue weighted by Crippen LogP contribution is -2.05. The number of ether oxygens (including phenoxy) is 1. The molecular weight excluding hydrogens is 290 g/mol. The van der Waals surface area contributed by atoms with Crippen molar-refractivity contribution in [3.63, 3.8) is 0 Å². The van der Waals surface area contributed by atoms with Gasteiger partial charge in [-0.05, 0) is 43.7 Å². The number of hydrogen-bond donors (Lipinski definition) is 1. The molecule has 0 bridgehead atoms. The number of rotatable bonds is 5. The van der Waals surface area contributed by atoms with Crippen LogP contribution in [0.4, 0.5) is 0 Å². The monoisotopic (exact) mass is 309 g/mol. The molecular formula is C19H19NO3. The van der Waals surface area contributed by atoms with Gasteiger partial charge in [0.1, 0.15) is 12.4 Å². The van der Waals surface area contributed by atoms with Crippen LogP contribution in [0.15, 0.2) is 48.5 Å². The Morgan fingerprint density at radius 1 is 1.17 bits per heavy atom. The summed E-state index contributed by atoms with van der Waals surface area (Å²) in [7, 11) is 0. The van der Waals surface area contributed by atoms with E-state index >= 15 is 0 Å². The van der Waals surface area contributed by atoms with E-state index in [0.717, 1.165) is 34.5 Å². The Kier molecular flexibility index (Phi) is 4.06. The van der Waals surface area contributed by atoms with Gasteiger partial charge in [0, 0.05) is 17.4 Å². The maximum atomic E-state index is 11.2. The smallest absolute Gasteiger partial charge is 0.335 e. The maximum absolute atomic E-state index is 11.2. The van der Waals surface area contributed by atoms with E-state index in [4.69, 9.17) is 9.84 Å². The number of aryl methyl sites for hydroxylation is 2. The molecule has 0 saturated heterocycles. The number of hydrogen-bond acceptors (Lipinski definition) is 2. The van der Waals surface area contributed by atoms with Crippen LogP contribution in [-0.4, -0.2) is 15.6 Å². The minimum atomic E-state index is -0.909. The Labute approximate surface area is 134 Å². The molecule has 0 fully saturated rings. The number of aromatic carboxylic acids is 1. The van der Waals surface area contributed by atoms with Gasteiger partial charge in [0.25, 0.3) is 0 Å². The first-order chi connectivity index (χ1) is 11.1. The van der Waals surface area contributed by atoms with E-state index < -0.39 is 5.97 Å². The van der Waals surface area contributed by atoms with Gasteiger partial charge in [-0.2, -0.15) is 0 Å². The van der Waals surface area contributed by atoms with Gasteiger partial charge in [-0.1, -0.05) is 24.3 Å². The van der Waals surface area contributed by atoms with Crippen LogP contribution in [0.1, 0.15) is 28.5 Å². The third kappa shape index (κ3) is 2.93. The van der Waals surface area contributed by atoms with Gasteiger partial charge in [-0.3, -0.25) is 0 Å². The minimum Gasteiger partial charge on any atom is -0.487 e. The summed E-state index contributed by atoms with van der Waals surface area (Å²) in [5, 5.41) is 10.2. The van der Waals surface area contributed by atoms with Crippen LogP contribution in [0.3, 0.4) is 0 Å². The van der Waals surface area contributed by atoms with Gasteiger partial charge < -0.3 is 14.4 Å². The number of nitrogens with zero attached hydrogens (tertiary/aromatic N) is 1. The summed E-state index contributed by atoms with van der Waals surface area (Å²) in [6.45, 7) is 5.28. The fraction of sp³-hybridized carbons (Fsp3) is 0.211. The third-order valence-corrected chi connectivity index (χ3v) is 4.02. The molecule has 118 valence electrons. The molecule has 3 aromatic rings. The van der Waals surface area contributed by atoms with Crippen molar-refractivity contribution in [2.24, 2.45) is 0 Å². The number of carboxylic acids is 1. The summed E-state index contributed by atoms with van der Waals surface area (Å²) in [6, 6.07) is 15.2. The number of carboxylic acid groups (broad SMARTS) is 1. The normalized spacial score (nSPS) is 10.9. The number of benzene rings is 2. The second-order valence-corrected chi connectivity index (χ2v) is 5.51. The molecule has 0 amide bonds. The largest absolute Gasteiger partial charge is 0.487 e. The van der Waals surface area contributed by atoms with Crippen molar-refractivity contribution >= 4 is 16.9 Å². The topological polar surface area (TPSA) is 51.5 Å². The van der Waals surface area contributed by atoms with Gasteiger partial charge in [-0.25, -0.2) is 4.79 Å². The summed E-state index contributed by atoms with van der Waals surface area (Å²) < 4.78 is 8.03. The van der Waals surface area contributed by atoms with Crippen LogP contribution in [0.25, 0.3) is 10.9 Å². The molecule has 4 nitrogen and oxygen atoms in total. The van der Waals surface area contributed by atoms with Crippen molar-refractivity contribution in [3.05, 3.63) is 65.4 Å². The van der Waals surface area contributed by atoms with E-state index in [-0.39, 0.29) is 0 Å². The van der Waals surface area contributed by atoms with Gasteiger partial charge in [0.15, 0.2) is 0 Å². The van der Waals surface area contributed by atoms with E-state index in [9.17, 15) is 4.79 Å². The van der Waals surface area contributed by atoms with E-state index in [1.807, 2.05) is 44.2 Å². The fourth-order valence-electron chi connectivity index (χ4n) is 2.81. The number of para-hydroxylation sites is 1. The predicted octanol–water partition coefficient (Wildman–Crippen LogP) is 4.25. The highest BCUT2D eigenvalue weighted by molar-refractivity contribution is 5.93. The molecule has 4 heteroatoms. The summed E-state index contributed by atoms with van der Waals surface area (Å²) in [5.41, 5.74) is 3.36. The van der Waals surface area contributed by atoms with Crippen molar-refractivity contribution in [1.29, 1.82) is 0 Å². The fourth-order valence-corrected chi connectivity index (χ4v) is 2.81. The van der Waals surface area contributed by atoms with Crippen LogP contribution in [0.2, 0.25) is 0 Å². The molecule has 0 aliphatic rings. The lowest BCUT2D eigenvalue weighted by molar-refractivity contribution is 0.0697. The lowest BCUT2D eigenvalue weighted by Gasteiger charge is -2.11. The van der Waals surface area contributed by atoms with E-state index in [1.165, 1.54) is 0 Å². The molecule has 0 unspecified atom stereocenters. The maximum Gasteiger partial charge on any atom is 0.335 e. The first-order valence-electron chi connectivity index (χ1n) is 7.64. The van der Waals surface area contributed by atoms with Crippen molar-refractivity contribution in [3.8, 4) is 5.75 Å². The molecule has 23 heavy (non-hydrogen) atoms. The average Bonchev–Trinajstić information content (AvgIpc) is 2.90. The van der Waals surface area contributed by atoms with Crippen LogP contribution >= 0.6 is 0 Å². The highest BCUT2D eigenvalue weighted by atomic mass is 16.5. The molecule has 0 atom stereocenters. The highest BCUT2D eigenvalue weighted by Crippen LogP contribution is 2.24. The van der Waals surface area contributed by atoms with Crippen molar-refractivity contribution in [2.75, 3.05) is 0 Å². The molecule has 0 spiro atoms. The van der Waals surface area contributed by atoms with Gasteiger partial charge >= 0.3 is 5.97 Å². The lowest BCUT2D eigenvalue weighted by atomic mass is 10.1. The van der Waals surface area contributed by atoms with Crippen LogP contribution < -0.4 is 4.74 Å². The molecule has 1 N–H and O–H groups in total. The number of fused-ring (bicyclic) bond motifs is 1. The standard InChI is InChI=1S/C19H19NO3/c1-3-20-16(12-23-18-7-5-4-6-13(18)2)10-14-8-9-15(19(21)22)11-17(14)20/h4-11H,3,12H2,1-2H3,(H,21,22). The average molecular weight is 309 g/mol. The van der Waals surface area contributed by atoms with Gasteiger partial charge in [0.2, 0.25) is 0 Å². The zero-order chi connectivity index (χ0) is 16.4. The number of carbonyl (C=O) groups is 1. The molecule has 2 aromatic carbocycles. The third-order valence-electron chi connectivity index (χ3n) is 4.02. The highest BCUT2D eigenvalue weighted by Gasteiger charge is 2.11. The molecule has 0 aliphatic carbocycles. The predicted molar refractivity (Wildman–Crippen MR) is 90.1 cm³/mol. The van der Waals surface area contributed by atoms with Gasteiger partial charge in [-0.15, -0.1) is 0 Å². The molecule has 0 saturated carbocycles. The Balaban J connectivity index is 1.94. The van der Waals surface area contributed by atoms with Crippen LogP contribution in [-0.2, 0) is 13.2 Å². The number of aromatic nitrogens is 1. The molecule has 1 aromatic heterocycles. The zero-order valence-corrected chi connectivity index (χ0v) is 13.2. The Morgan fingerprint density at radius 3 is 2.65 bits per heavy atom. The van der Waals surface area contributed by atoms with Crippen molar-refractivity contribution in [1.82, 2.24) is 4.57 Å². The van der Waals surface area contributed by atoms with E-state index in [2.05, 4.69) is 10.6 Å². The van der Waals surface area contributed by atoms with E-state index in [0.29, 0.717) is 12.2 Å². The molecule has 1 heterocycles. The van der Waals surface area contributed by atoms with Crippen LogP contribution in [0.5, 0.6) is 5.75 Å². The minimum absolute atomic E-state index is 0.302. The molecule has 0 radical (unpaired) electrons. The van der Waals surface area contributed by atoms with Gasteiger partial charge in [0.05, 0.1) is 11.3 Å². The summed E-state index contributed by atoms with van der Waals surface area (Å²) in [4.78, 5) is 11.2. The zero-order valence-electron chi connectivity index (χ0n) is 13.2. The second kappa shape index (κ2) is 6.16. The summed E-state index contributed by atoms with van der Waals surface area (Å²) >= 11 is 0. The first kappa shape index (κ1) is 15.2. The van der Waals surface area contributed by atoms with Crippen molar-refractivity contribution in [2.45, 2.75) is 27.0 Å². The Hall–Kier alpha value is -2.75. The molecule has 3 rings (SSSR count). The molecule has 0 aliphatic heterocycles. The quantitative estimate of drug-likeness (QED) is 0.766. The summed E-state index contributed by atoms with van der Waals surface area (Å²) in [5.74, 6) is -0.0416. The summed E-state index contributed by atoms with van der Waals surface area (Å²) in [6.07, 6.45) is 0. The second-order valence-electron chi connectivity index (χ2n) is 5.51. The van der Waals surface area contributed by atoms with Crippen molar-refractivity contribution < 1.29 is 14.6 Å². The van der Waals surface area contributed by atoms with Crippen LogP contribution in [0, 0.1) is 6.92 Å². The SMILES string of the molecule is CCn1c(COc2ccccc2C)cc2ccc(C(=O)O)cc21.